The molecule has 0 aliphatic carbocycles. The SMILES string of the molecule is CC(=O)N1[C@H](C)CN(c2cncc(Br)c2)C[C@@H]1C. The van der Waals surface area contributed by atoms with Crippen LogP contribution in [0, 0.1) is 0 Å². The van der Waals surface area contributed by atoms with Crippen molar-refractivity contribution in [3.05, 3.63) is 22.9 Å². The van der Waals surface area contributed by atoms with E-state index in [1.54, 1.807) is 13.1 Å². The lowest BCUT2D eigenvalue weighted by atomic mass is 10.1. The number of carbonyl (C=O) groups excluding carboxylic acids is 1. The van der Waals surface area contributed by atoms with Gasteiger partial charge >= 0.3 is 0 Å². The predicted octanol–water partition coefficient (Wildman–Crippen LogP) is 2.29. The minimum atomic E-state index is 0.155. The number of nitrogens with zero attached hydrogens (tertiary/aromatic N) is 3. The molecule has 0 aromatic carbocycles. The summed E-state index contributed by atoms with van der Waals surface area (Å²) in [6.45, 7) is 7.53. The van der Waals surface area contributed by atoms with Gasteiger partial charge in [0, 0.05) is 42.8 Å². The van der Waals surface area contributed by atoms with E-state index in [2.05, 4.69) is 45.7 Å². The van der Waals surface area contributed by atoms with Crippen molar-refractivity contribution in [3.8, 4) is 0 Å². The fourth-order valence-corrected chi connectivity index (χ4v) is 3.08. The highest BCUT2D eigenvalue weighted by atomic mass is 79.9. The zero-order valence-corrected chi connectivity index (χ0v) is 12.5. The quantitative estimate of drug-likeness (QED) is 0.798. The van der Waals surface area contributed by atoms with E-state index in [0.717, 1.165) is 23.2 Å². The third-order valence-electron chi connectivity index (χ3n) is 3.34. The van der Waals surface area contributed by atoms with Crippen LogP contribution in [0.15, 0.2) is 22.9 Å². The van der Waals surface area contributed by atoms with Gasteiger partial charge in [0.15, 0.2) is 0 Å². The molecule has 0 radical (unpaired) electrons. The highest BCUT2D eigenvalue weighted by Gasteiger charge is 2.31. The Morgan fingerprint density at radius 3 is 2.44 bits per heavy atom. The molecule has 1 saturated heterocycles. The molecule has 1 amide bonds. The maximum absolute atomic E-state index is 11.6. The molecule has 0 unspecified atom stereocenters. The largest absolute Gasteiger partial charge is 0.366 e. The van der Waals surface area contributed by atoms with Crippen molar-refractivity contribution in [1.29, 1.82) is 0 Å². The van der Waals surface area contributed by atoms with E-state index in [9.17, 15) is 4.79 Å². The van der Waals surface area contributed by atoms with E-state index < -0.39 is 0 Å². The number of halogens is 1. The Bertz CT molecular complexity index is 440. The second-order valence-electron chi connectivity index (χ2n) is 4.89. The smallest absolute Gasteiger partial charge is 0.220 e. The van der Waals surface area contributed by atoms with Gasteiger partial charge in [-0.1, -0.05) is 0 Å². The molecule has 1 aliphatic heterocycles. The topological polar surface area (TPSA) is 36.4 Å². The average molecular weight is 312 g/mol. The van der Waals surface area contributed by atoms with Crippen molar-refractivity contribution in [3.63, 3.8) is 0 Å². The van der Waals surface area contributed by atoms with E-state index in [1.165, 1.54) is 0 Å². The fraction of sp³-hybridized carbons (Fsp3) is 0.538. The molecular weight excluding hydrogens is 294 g/mol. The van der Waals surface area contributed by atoms with Gasteiger partial charge in [-0.3, -0.25) is 9.78 Å². The van der Waals surface area contributed by atoms with Crippen LogP contribution in [0.3, 0.4) is 0 Å². The summed E-state index contributed by atoms with van der Waals surface area (Å²) < 4.78 is 0.981. The number of hydrogen-bond acceptors (Lipinski definition) is 3. The predicted molar refractivity (Wildman–Crippen MR) is 75.6 cm³/mol. The summed E-state index contributed by atoms with van der Waals surface area (Å²) in [6.07, 6.45) is 3.65. The molecule has 1 aromatic rings. The minimum Gasteiger partial charge on any atom is -0.366 e. The van der Waals surface area contributed by atoms with Crippen LogP contribution >= 0.6 is 15.9 Å². The van der Waals surface area contributed by atoms with Gasteiger partial charge in [0.25, 0.3) is 0 Å². The molecule has 2 heterocycles. The van der Waals surface area contributed by atoms with Crippen LogP contribution in [-0.4, -0.2) is 41.0 Å². The maximum atomic E-state index is 11.6. The molecule has 1 fully saturated rings. The van der Waals surface area contributed by atoms with Gasteiger partial charge in [0.2, 0.25) is 5.91 Å². The number of rotatable bonds is 1. The zero-order chi connectivity index (χ0) is 13.3. The monoisotopic (exact) mass is 311 g/mol. The summed E-state index contributed by atoms with van der Waals surface area (Å²) in [5.74, 6) is 0.155. The van der Waals surface area contributed by atoms with Crippen LogP contribution in [-0.2, 0) is 4.79 Å². The maximum Gasteiger partial charge on any atom is 0.220 e. The molecule has 1 aromatic heterocycles. The van der Waals surface area contributed by atoms with Crippen molar-refractivity contribution in [1.82, 2.24) is 9.88 Å². The molecule has 2 atom stereocenters. The van der Waals surface area contributed by atoms with E-state index >= 15 is 0 Å². The number of hydrogen-bond donors (Lipinski definition) is 0. The van der Waals surface area contributed by atoms with Crippen molar-refractivity contribution in [2.24, 2.45) is 0 Å². The van der Waals surface area contributed by atoms with E-state index in [4.69, 9.17) is 0 Å². The summed E-state index contributed by atoms with van der Waals surface area (Å²) in [5.41, 5.74) is 1.10. The van der Waals surface area contributed by atoms with Gasteiger partial charge in [0.1, 0.15) is 0 Å². The average Bonchev–Trinajstić information content (AvgIpc) is 2.27. The van der Waals surface area contributed by atoms with Crippen LogP contribution < -0.4 is 4.90 Å². The van der Waals surface area contributed by atoms with Crippen molar-refractivity contribution < 1.29 is 4.79 Å². The van der Waals surface area contributed by atoms with Crippen molar-refractivity contribution >= 4 is 27.5 Å². The Morgan fingerprint density at radius 2 is 1.94 bits per heavy atom. The first-order chi connectivity index (χ1) is 8.49. The zero-order valence-electron chi connectivity index (χ0n) is 10.9. The van der Waals surface area contributed by atoms with Gasteiger partial charge < -0.3 is 9.80 Å². The number of amides is 1. The lowest BCUT2D eigenvalue weighted by molar-refractivity contribution is -0.133. The normalized spacial score (nSPS) is 24.2. The van der Waals surface area contributed by atoms with E-state index in [0.29, 0.717) is 0 Å². The molecule has 98 valence electrons. The number of pyridine rings is 1. The summed E-state index contributed by atoms with van der Waals surface area (Å²) in [4.78, 5) is 20.0. The van der Waals surface area contributed by atoms with Crippen LogP contribution in [0.2, 0.25) is 0 Å². The Morgan fingerprint density at radius 1 is 1.33 bits per heavy atom. The second-order valence-corrected chi connectivity index (χ2v) is 5.81. The van der Waals surface area contributed by atoms with Gasteiger partial charge in [-0.15, -0.1) is 0 Å². The molecule has 2 rings (SSSR count). The van der Waals surface area contributed by atoms with Gasteiger partial charge in [-0.25, -0.2) is 0 Å². The first-order valence-corrected chi connectivity index (χ1v) is 6.92. The van der Waals surface area contributed by atoms with Crippen LogP contribution in [0.4, 0.5) is 5.69 Å². The van der Waals surface area contributed by atoms with Crippen LogP contribution in [0.25, 0.3) is 0 Å². The minimum absolute atomic E-state index is 0.155. The van der Waals surface area contributed by atoms with Crippen molar-refractivity contribution in [2.45, 2.75) is 32.9 Å². The molecule has 0 spiro atoms. The first-order valence-electron chi connectivity index (χ1n) is 6.13. The second kappa shape index (κ2) is 5.26. The third kappa shape index (κ3) is 2.66. The molecule has 0 bridgehead atoms. The fourth-order valence-electron chi connectivity index (χ4n) is 2.73. The molecule has 0 saturated carbocycles. The summed E-state index contributed by atoms with van der Waals surface area (Å²) in [6, 6.07) is 2.52. The molecule has 4 nitrogen and oxygen atoms in total. The molecule has 5 heteroatoms. The summed E-state index contributed by atoms with van der Waals surface area (Å²) >= 11 is 3.44. The highest BCUT2D eigenvalue weighted by Crippen LogP contribution is 2.24. The Kier molecular flexibility index (Phi) is 3.90. The summed E-state index contributed by atoms with van der Waals surface area (Å²) in [7, 11) is 0. The highest BCUT2D eigenvalue weighted by molar-refractivity contribution is 9.10. The number of piperazine rings is 1. The number of carbonyl (C=O) groups is 1. The van der Waals surface area contributed by atoms with Gasteiger partial charge in [-0.2, -0.15) is 0 Å². The Labute approximate surface area is 116 Å². The molecule has 18 heavy (non-hydrogen) atoms. The first kappa shape index (κ1) is 13.3. The lowest BCUT2D eigenvalue weighted by Gasteiger charge is -2.45. The van der Waals surface area contributed by atoms with Gasteiger partial charge in [0.05, 0.1) is 11.9 Å². The third-order valence-corrected chi connectivity index (χ3v) is 3.77. The van der Waals surface area contributed by atoms with Crippen LogP contribution in [0.5, 0.6) is 0 Å². The number of aromatic nitrogens is 1. The van der Waals surface area contributed by atoms with Crippen LogP contribution in [0.1, 0.15) is 20.8 Å². The molecule has 0 N–H and O–H groups in total. The standard InChI is InChI=1S/C13H18BrN3O/c1-9-7-16(8-10(2)17(9)11(3)18)13-4-12(14)5-15-6-13/h4-6,9-10H,7-8H2,1-3H3/t9-,10+. The van der Waals surface area contributed by atoms with E-state index in [-0.39, 0.29) is 18.0 Å². The lowest BCUT2D eigenvalue weighted by Crippen LogP contribution is -2.58. The Hall–Kier alpha value is -1.10. The number of anilines is 1. The Balaban J connectivity index is 2.17. The molecular formula is C13H18BrN3O. The summed E-state index contributed by atoms with van der Waals surface area (Å²) in [5, 5.41) is 0. The van der Waals surface area contributed by atoms with E-state index in [1.807, 2.05) is 11.1 Å². The van der Waals surface area contributed by atoms with Crippen molar-refractivity contribution in [2.75, 3.05) is 18.0 Å². The van der Waals surface area contributed by atoms with Gasteiger partial charge in [-0.05, 0) is 35.8 Å². The molecule has 1 aliphatic rings.